The second-order valence-electron chi connectivity index (χ2n) is 9.39. The van der Waals surface area contributed by atoms with Crippen molar-refractivity contribution in [2.45, 2.75) is 19.0 Å². The van der Waals surface area contributed by atoms with Crippen LogP contribution in [-0.2, 0) is 22.5 Å². The van der Waals surface area contributed by atoms with Gasteiger partial charge < -0.3 is 25.2 Å². The molecule has 2 aromatic rings. The van der Waals surface area contributed by atoms with Crippen LogP contribution in [0.15, 0.2) is 48.5 Å². The zero-order valence-electron chi connectivity index (χ0n) is 19.4. The first kappa shape index (κ1) is 22.2. The van der Waals surface area contributed by atoms with Crippen LogP contribution in [0.25, 0.3) is 0 Å². The highest BCUT2D eigenvalue weighted by atomic mass is 16.5. The largest absolute Gasteiger partial charge is 0.378 e. The SMILES string of the molecule is NC(CN1CCc2ccccc2C1)CN1CCN(c2cccc(N3CCOCC3)c2)CC1=O. The minimum absolute atomic E-state index is 0.0320. The van der Waals surface area contributed by atoms with Crippen LogP contribution >= 0.6 is 0 Å². The molecule has 7 nitrogen and oxygen atoms in total. The van der Waals surface area contributed by atoms with Crippen molar-refractivity contribution in [1.82, 2.24) is 9.80 Å². The van der Waals surface area contributed by atoms with E-state index in [2.05, 4.69) is 63.2 Å². The van der Waals surface area contributed by atoms with E-state index in [-0.39, 0.29) is 11.9 Å². The van der Waals surface area contributed by atoms with Gasteiger partial charge in [-0.2, -0.15) is 0 Å². The number of hydrogen-bond acceptors (Lipinski definition) is 6. The fourth-order valence-electron chi connectivity index (χ4n) is 5.21. The first-order valence-corrected chi connectivity index (χ1v) is 12.2. The van der Waals surface area contributed by atoms with Gasteiger partial charge in [0.05, 0.1) is 19.8 Å². The molecule has 3 aliphatic heterocycles. The van der Waals surface area contributed by atoms with Gasteiger partial charge in [-0.1, -0.05) is 30.3 Å². The van der Waals surface area contributed by atoms with Crippen molar-refractivity contribution < 1.29 is 9.53 Å². The van der Waals surface area contributed by atoms with E-state index >= 15 is 0 Å². The lowest BCUT2D eigenvalue weighted by atomic mass is 9.99. The number of nitrogens with zero attached hydrogens (tertiary/aromatic N) is 4. The number of benzene rings is 2. The topological polar surface area (TPSA) is 65.3 Å². The Morgan fingerprint density at radius 1 is 0.818 bits per heavy atom. The normalized spacial score (nSPS) is 20.6. The van der Waals surface area contributed by atoms with Crippen LogP contribution in [0.5, 0.6) is 0 Å². The quantitative estimate of drug-likeness (QED) is 0.722. The van der Waals surface area contributed by atoms with Gasteiger partial charge in [-0.15, -0.1) is 0 Å². The van der Waals surface area contributed by atoms with Gasteiger partial charge in [0.1, 0.15) is 0 Å². The lowest BCUT2D eigenvalue weighted by molar-refractivity contribution is -0.131. The zero-order valence-corrected chi connectivity index (χ0v) is 19.4. The van der Waals surface area contributed by atoms with E-state index in [0.29, 0.717) is 13.1 Å². The molecule has 176 valence electrons. The number of amides is 1. The Bertz CT molecular complexity index is 961. The van der Waals surface area contributed by atoms with Gasteiger partial charge in [0, 0.05) is 69.8 Å². The van der Waals surface area contributed by atoms with Gasteiger partial charge in [-0.05, 0) is 35.7 Å². The van der Waals surface area contributed by atoms with Gasteiger partial charge >= 0.3 is 0 Å². The van der Waals surface area contributed by atoms with E-state index in [1.165, 1.54) is 16.8 Å². The molecule has 0 aliphatic carbocycles. The molecular weight excluding hydrogens is 414 g/mol. The van der Waals surface area contributed by atoms with Crippen LogP contribution in [0.3, 0.4) is 0 Å². The molecule has 0 radical (unpaired) electrons. The molecule has 0 spiro atoms. The number of piperazine rings is 1. The summed E-state index contributed by atoms with van der Waals surface area (Å²) in [5.74, 6) is 0.164. The molecule has 1 unspecified atom stereocenters. The summed E-state index contributed by atoms with van der Waals surface area (Å²) in [5, 5.41) is 0. The van der Waals surface area contributed by atoms with E-state index in [9.17, 15) is 4.79 Å². The third-order valence-electron chi connectivity index (χ3n) is 7.05. The fraction of sp³-hybridized carbons (Fsp3) is 0.500. The summed E-state index contributed by atoms with van der Waals surface area (Å²) in [7, 11) is 0. The molecule has 2 saturated heterocycles. The predicted octanol–water partition coefficient (Wildman–Crippen LogP) is 1.56. The summed E-state index contributed by atoms with van der Waals surface area (Å²) in [4.78, 5) is 21.9. The minimum Gasteiger partial charge on any atom is -0.378 e. The third kappa shape index (κ3) is 5.32. The summed E-state index contributed by atoms with van der Waals surface area (Å²) >= 11 is 0. The van der Waals surface area contributed by atoms with E-state index in [0.717, 1.165) is 71.1 Å². The first-order chi connectivity index (χ1) is 16.2. The molecule has 0 aromatic heterocycles. The number of hydrogen-bond donors (Lipinski definition) is 1. The highest BCUT2D eigenvalue weighted by Gasteiger charge is 2.27. The van der Waals surface area contributed by atoms with Gasteiger partial charge in [0.15, 0.2) is 0 Å². The Kier molecular flexibility index (Phi) is 6.80. The number of carbonyl (C=O) groups is 1. The van der Waals surface area contributed by atoms with E-state index < -0.39 is 0 Å². The molecule has 0 saturated carbocycles. The molecule has 2 N–H and O–H groups in total. The van der Waals surface area contributed by atoms with Crippen molar-refractivity contribution in [3.63, 3.8) is 0 Å². The number of ether oxygens (including phenoxy) is 1. The van der Waals surface area contributed by atoms with Crippen LogP contribution in [0.2, 0.25) is 0 Å². The maximum Gasteiger partial charge on any atom is 0.242 e. The Morgan fingerprint density at radius 3 is 2.36 bits per heavy atom. The Hall–Kier alpha value is -2.61. The molecule has 3 aliphatic rings. The molecular formula is C26H35N5O2. The third-order valence-corrected chi connectivity index (χ3v) is 7.05. The maximum absolute atomic E-state index is 12.9. The highest BCUT2D eigenvalue weighted by molar-refractivity contribution is 5.83. The molecule has 7 heteroatoms. The molecule has 5 rings (SSSR count). The average Bonchev–Trinajstić information content (AvgIpc) is 2.86. The second-order valence-corrected chi connectivity index (χ2v) is 9.39. The summed E-state index contributed by atoms with van der Waals surface area (Å²) in [6, 6.07) is 17.2. The van der Waals surface area contributed by atoms with E-state index in [1.807, 2.05) is 4.90 Å². The molecule has 2 fully saturated rings. The number of morpholine rings is 1. The smallest absolute Gasteiger partial charge is 0.242 e. The van der Waals surface area contributed by atoms with Crippen LogP contribution in [-0.4, -0.2) is 87.3 Å². The van der Waals surface area contributed by atoms with Crippen molar-refractivity contribution in [1.29, 1.82) is 0 Å². The van der Waals surface area contributed by atoms with Crippen LogP contribution in [0.1, 0.15) is 11.1 Å². The van der Waals surface area contributed by atoms with Gasteiger partial charge in [0.2, 0.25) is 5.91 Å². The van der Waals surface area contributed by atoms with Crippen LogP contribution in [0.4, 0.5) is 11.4 Å². The first-order valence-electron chi connectivity index (χ1n) is 12.2. The van der Waals surface area contributed by atoms with Gasteiger partial charge in [-0.3, -0.25) is 9.69 Å². The lowest BCUT2D eigenvalue weighted by Gasteiger charge is -2.38. The zero-order chi connectivity index (χ0) is 22.6. The van der Waals surface area contributed by atoms with Gasteiger partial charge in [0.25, 0.3) is 0 Å². The number of carbonyl (C=O) groups excluding carboxylic acids is 1. The Morgan fingerprint density at radius 2 is 1.58 bits per heavy atom. The predicted molar refractivity (Wildman–Crippen MR) is 132 cm³/mol. The Labute approximate surface area is 196 Å². The van der Waals surface area contributed by atoms with Crippen LogP contribution < -0.4 is 15.5 Å². The molecule has 0 bridgehead atoms. The fourth-order valence-corrected chi connectivity index (χ4v) is 5.21. The Balaban J connectivity index is 1.13. The van der Waals surface area contributed by atoms with Crippen LogP contribution in [0, 0.1) is 0 Å². The maximum atomic E-state index is 12.9. The molecule has 33 heavy (non-hydrogen) atoms. The summed E-state index contributed by atoms with van der Waals surface area (Å²) in [6.45, 7) is 8.76. The molecule has 3 heterocycles. The van der Waals surface area contributed by atoms with E-state index in [1.54, 1.807) is 0 Å². The molecule has 1 amide bonds. The minimum atomic E-state index is -0.0320. The second kappa shape index (κ2) is 10.1. The van der Waals surface area contributed by atoms with Crippen molar-refractivity contribution >= 4 is 17.3 Å². The highest BCUT2D eigenvalue weighted by Crippen LogP contribution is 2.25. The summed E-state index contributed by atoms with van der Waals surface area (Å²) in [5.41, 5.74) is 11.7. The van der Waals surface area contributed by atoms with Crippen molar-refractivity contribution in [2.75, 3.05) is 75.4 Å². The van der Waals surface area contributed by atoms with E-state index in [4.69, 9.17) is 10.5 Å². The molecule has 2 aromatic carbocycles. The van der Waals surface area contributed by atoms with Gasteiger partial charge in [-0.25, -0.2) is 0 Å². The number of anilines is 2. The summed E-state index contributed by atoms with van der Waals surface area (Å²) in [6.07, 6.45) is 1.07. The summed E-state index contributed by atoms with van der Waals surface area (Å²) < 4.78 is 5.47. The average molecular weight is 450 g/mol. The lowest BCUT2D eigenvalue weighted by Crippen LogP contribution is -2.55. The number of nitrogens with two attached hydrogens (primary N) is 1. The monoisotopic (exact) mass is 449 g/mol. The van der Waals surface area contributed by atoms with Crippen molar-refractivity contribution in [3.05, 3.63) is 59.7 Å². The van der Waals surface area contributed by atoms with Crippen molar-refractivity contribution in [2.24, 2.45) is 5.73 Å². The molecule has 1 atom stereocenters. The van der Waals surface area contributed by atoms with Crippen molar-refractivity contribution in [3.8, 4) is 0 Å². The number of fused-ring (bicyclic) bond motifs is 1. The number of rotatable bonds is 6. The standard InChI is InChI=1S/C26H35N5O2/c27-23(18-28-9-8-21-4-1-2-5-22(21)17-28)19-31-11-10-30(20-26(31)32)25-7-3-6-24(16-25)29-12-14-33-15-13-29/h1-7,16,23H,8-15,17-20,27H2.